The van der Waals surface area contributed by atoms with Gasteiger partial charge in [0.05, 0.1) is 20.3 Å². The average molecular weight is 371 g/mol. The molecule has 0 aromatic heterocycles. The number of hydrogen-bond acceptors (Lipinski definition) is 5. The van der Waals surface area contributed by atoms with Crippen molar-refractivity contribution < 1.29 is 17.9 Å². The first kappa shape index (κ1) is 17.4. The van der Waals surface area contributed by atoms with E-state index in [0.717, 1.165) is 12.8 Å². The zero-order chi connectivity index (χ0) is 17.2. The van der Waals surface area contributed by atoms with Gasteiger partial charge in [0.1, 0.15) is 10.6 Å². The van der Waals surface area contributed by atoms with Crippen molar-refractivity contribution in [1.29, 1.82) is 0 Å². The van der Waals surface area contributed by atoms with Crippen molar-refractivity contribution >= 4 is 33.0 Å². The molecule has 1 aromatic rings. The summed E-state index contributed by atoms with van der Waals surface area (Å²) in [5.74, 6) is 0.313. The summed E-state index contributed by atoms with van der Waals surface area (Å²) in [6, 6.07) is 5.37. The largest absolute Gasteiger partial charge is 0.495 e. The summed E-state index contributed by atoms with van der Waals surface area (Å²) in [7, 11) is -2.19. The van der Waals surface area contributed by atoms with E-state index in [1.165, 1.54) is 11.4 Å². The lowest BCUT2D eigenvalue weighted by molar-refractivity contribution is 0.0729. The van der Waals surface area contributed by atoms with E-state index < -0.39 is 10.0 Å². The monoisotopic (exact) mass is 371 g/mol. The van der Waals surface area contributed by atoms with Gasteiger partial charge in [-0.05, 0) is 43.3 Å². The molecule has 24 heavy (non-hydrogen) atoms. The summed E-state index contributed by atoms with van der Waals surface area (Å²) in [5.41, 5.74) is 0.612. The third kappa shape index (κ3) is 3.97. The number of nitrogens with one attached hydrogen (secondary N) is 2. The summed E-state index contributed by atoms with van der Waals surface area (Å²) in [6.07, 6.45) is 2.22. The fourth-order valence-corrected chi connectivity index (χ4v) is 4.34. The molecule has 1 aliphatic carbocycles. The SMILES string of the molecule is COc1ccc(NC(=S)NC2CC2)cc1S(=O)(=O)N1CCOCC1. The third-order valence-electron chi connectivity index (χ3n) is 3.92. The van der Waals surface area contributed by atoms with E-state index in [1.807, 2.05) is 0 Å². The predicted octanol–water partition coefficient (Wildman–Crippen LogP) is 1.16. The quantitative estimate of drug-likeness (QED) is 0.752. The molecule has 0 amide bonds. The van der Waals surface area contributed by atoms with Crippen LogP contribution >= 0.6 is 12.2 Å². The maximum atomic E-state index is 12.9. The Kier molecular flexibility index (Phi) is 5.24. The number of sulfonamides is 1. The summed E-state index contributed by atoms with van der Waals surface area (Å²) >= 11 is 5.25. The Balaban J connectivity index is 1.84. The minimum absolute atomic E-state index is 0.131. The lowest BCUT2D eigenvalue weighted by atomic mass is 10.3. The maximum absolute atomic E-state index is 12.9. The number of thiocarbonyl (C=S) groups is 1. The first-order chi connectivity index (χ1) is 11.5. The number of morpholine rings is 1. The van der Waals surface area contributed by atoms with Crippen molar-refractivity contribution in [2.75, 3.05) is 38.7 Å². The minimum atomic E-state index is -3.65. The van der Waals surface area contributed by atoms with Gasteiger partial charge in [-0.2, -0.15) is 4.31 Å². The summed E-state index contributed by atoms with van der Waals surface area (Å²) in [5, 5.41) is 6.70. The van der Waals surface area contributed by atoms with Crippen LogP contribution < -0.4 is 15.4 Å². The number of benzene rings is 1. The number of ether oxygens (including phenoxy) is 2. The van der Waals surface area contributed by atoms with E-state index in [4.69, 9.17) is 21.7 Å². The highest BCUT2D eigenvalue weighted by molar-refractivity contribution is 7.89. The van der Waals surface area contributed by atoms with Crippen molar-refractivity contribution in [3.05, 3.63) is 18.2 Å². The second-order valence-electron chi connectivity index (χ2n) is 5.75. The highest BCUT2D eigenvalue weighted by Crippen LogP contribution is 2.30. The molecule has 0 unspecified atom stereocenters. The zero-order valence-electron chi connectivity index (χ0n) is 13.4. The molecule has 0 bridgehead atoms. The van der Waals surface area contributed by atoms with Crippen molar-refractivity contribution in [2.24, 2.45) is 0 Å². The van der Waals surface area contributed by atoms with Crippen LogP contribution in [-0.2, 0) is 14.8 Å². The predicted molar refractivity (Wildman–Crippen MR) is 95.0 cm³/mol. The van der Waals surface area contributed by atoms with Gasteiger partial charge in [-0.1, -0.05) is 0 Å². The number of anilines is 1. The lowest BCUT2D eigenvalue weighted by Gasteiger charge is -2.27. The van der Waals surface area contributed by atoms with Gasteiger partial charge in [0.15, 0.2) is 5.11 Å². The van der Waals surface area contributed by atoms with Crippen LogP contribution in [0.25, 0.3) is 0 Å². The smallest absolute Gasteiger partial charge is 0.246 e. The van der Waals surface area contributed by atoms with Crippen LogP contribution in [0.2, 0.25) is 0 Å². The Hall–Kier alpha value is -1.42. The topological polar surface area (TPSA) is 79.9 Å². The highest BCUT2D eigenvalue weighted by atomic mass is 32.2. The van der Waals surface area contributed by atoms with Gasteiger partial charge in [0.25, 0.3) is 0 Å². The first-order valence-corrected chi connectivity index (χ1v) is 9.69. The molecule has 7 nitrogen and oxygen atoms in total. The van der Waals surface area contributed by atoms with Gasteiger partial charge in [-0.25, -0.2) is 8.42 Å². The Morgan fingerprint density at radius 2 is 2.04 bits per heavy atom. The zero-order valence-corrected chi connectivity index (χ0v) is 15.1. The van der Waals surface area contributed by atoms with Crippen LogP contribution in [0.5, 0.6) is 5.75 Å². The molecule has 0 radical (unpaired) electrons. The Bertz CT molecular complexity index is 713. The third-order valence-corrected chi connectivity index (χ3v) is 6.06. The summed E-state index contributed by atoms with van der Waals surface area (Å²) in [6.45, 7) is 1.47. The first-order valence-electron chi connectivity index (χ1n) is 7.84. The van der Waals surface area contributed by atoms with Crippen LogP contribution in [0.15, 0.2) is 23.1 Å². The molecule has 1 saturated carbocycles. The molecular weight excluding hydrogens is 350 g/mol. The molecule has 2 aliphatic rings. The average Bonchev–Trinajstić information content (AvgIpc) is 3.39. The molecule has 1 saturated heterocycles. The molecule has 1 aliphatic heterocycles. The van der Waals surface area contributed by atoms with Gasteiger partial charge >= 0.3 is 0 Å². The number of rotatable bonds is 5. The fourth-order valence-electron chi connectivity index (χ4n) is 2.46. The fraction of sp³-hybridized carbons (Fsp3) is 0.533. The van der Waals surface area contributed by atoms with Crippen LogP contribution in [0.1, 0.15) is 12.8 Å². The van der Waals surface area contributed by atoms with Crippen LogP contribution in [-0.4, -0.2) is 57.3 Å². The van der Waals surface area contributed by atoms with E-state index >= 15 is 0 Å². The van der Waals surface area contributed by atoms with Crippen LogP contribution in [0.4, 0.5) is 5.69 Å². The molecular formula is C15H21N3O4S2. The Labute approximate surface area is 147 Å². The Morgan fingerprint density at radius 1 is 1.33 bits per heavy atom. The second-order valence-corrected chi connectivity index (χ2v) is 8.07. The normalized spacial score (nSPS) is 18.9. The molecule has 9 heteroatoms. The standard InChI is InChI=1S/C15H21N3O4S2/c1-21-13-5-4-12(17-15(23)16-11-2-3-11)10-14(13)24(19,20)18-6-8-22-9-7-18/h4-5,10-11H,2-3,6-9H2,1H3,(H2,16,17,23). The Morgan fingerprint density at radius 3 is 2.67 bits per heavy atom. The van der Waals surface area contributed by atoms with E-state index in [1.54, 1.807) is 18.2 Å². The van der Waals surface area contributed by atoms with Gasteiger partial charge in [0, 0.05) is 24.8 Å². The number of nitrogens with zero attached hydrogens (tertiary/aromatic N) is 1. The second kappa shape index (κ2) is 7.22. The van der Waals surface area contributed by atoms with Crippen LogP contribution in [0.3, 0.4) is 0 Å². The van der Waals surface area contributed by atoms with Crippen molar-refractivity contribution in [1.82, 2.24) is 9.62 Å². The molecule has 3 rings (SSSR count). The van der Waals surface area contributed by atoms with E-state index in [-0.39, 0.29) is 4.90 Å². The van der Waals surface area contributed by atoms with Crippen LogP contribution in [0, 0.1) is 0 Å². The number of hydrogen-bond donors (Lipinski definition) is 2. The van der Waals surface area contributed by atoms with Gasteiger partial charge in [-0.3, -0.25) is 0 Å². The summed E-state index contributed by atoms with van der Waals surface area (Å²) in [4.78, 5) is 0.131. The molecule has 2 fully saturated rings. The molecule has 2 N–H and O–H groups in total. The van der Waals surface area contributed by atoms with Gasteiger partial charge in [-0.15, -0.1) is 0 Å². The number of methoxy groups -OCH3 is 1. The van der Waals surface area contributed by atoms with Crippen molar-refractivity contribution in [3.8, 4) is 5.75 Å². The van der Waals surface area contributed by atoms with Crippen molar-refractivity contribution in [2.45, 2.75) is 23.8 Å². The highest BCUT2D eigenvalue weighted by Gasteiger charge is 2.29. The lowest BCUT2D eigenvalue weighted by Crippen LogP contribution is -2.40. The van der Waals surface area contributed by atoms with Crippen molar-refractivity contribution in [3.63, 3.8) is 0 Å². The van der Waals surface area contributed by atoms with Gasteiger partial charge in [0.2, 0.25) is 10.0 Å². The molecule has 0 atom stereocenters. The molecule has 1 aromatic carbocycles. The van der Waals surface area contributed by atoms with E-state index in [0.29, 0.717) is 48.9 Å². The molecule has 0 spiro atoms. The molecule has 1 heterocycles. The minimum Gasteiger partial charge on any atom is -0.495 e. The van der Waals surface area contributed by atoms with E-state index in [2.05, 4.69) is 10.6 Å². The molecule has 132 valence electrons. The van der Waals surface area contributed by atoms with E-state index in [9.17, 15) is 8.42 Å². The summed E-state index contributed by atoms with van der Waals surface area (Å²) < 4.78 is 37.7. The van der Waals surface area contributed by atoms with Gasteiger partial charge < -0.3 is 20.1 Å². The maximum Gasteiger partial charge on any atom is 0.246 e.